The third kappa shape index (κ3) is 3.28. The van der Waals surface area contributed by atoms with E-state index in [1.54, 1.807) is 24.4 Å². The van der Waals surface area contributed by atoms with Crippen molar-refractivity contribution in [3.63, 3.8) is 0 Å². The molecule has 0 fully saturated rings. The fourth-order valence-electron chi connectivity index (χ4n) is 1.84. The molecule has 0 saturated carbocycles. The van der Waals surface area contributed by atoms with Crippen molar-refractivity contribution in [2.45, 2.75) is 11.3 Å². The zero-order chi connectivity index (χ0) is 13.7. The highest BCUT2D eigenvalue weighted by Crippen LogP contribution is 2.20. The van der Waals surface area contributed by atoms with E-state index < -0.39 is 10.0 Å². The number of fused-ring (bicyclic) bond motifs is 1. The molecule has 102 valence electrons. The summed E-state index contributed by atoms with van der Waals surface area (Å²) in [5.74, 6) is 0. The average molecular weight is 279 g/mol. The predicted octanol–water partition coefficient (Wildman–Crippen LogP) is 1.12. The van der Waals surface area contributed by atoms with Crippen molar-refractivity contribution < 1.29 is 8.42 Å². The van der Waals surface area contributed by atoms with Crippen molar-refractivity contribution in [2.75, 3.05) is 20.1 Å². The van der Waals surface area contributed by atoms with Crippen LogP contribution in [0, 0.1) is 0 Å². The SMILES string of the molecule is CNCCCNS(=O)(=O)c1cccc2cccnc12. The molecule has 2 rings (SSSR count). The second-order valence-electron chi connectivity index (χ2n) is 4.19. The lowest BCUT2D eigenvalue weighted by atomic mass is 10.2. The fourth-order valence-corrected chi connectivity index (χ4v) is 3.09. The van der Waals surface area contributed by atoms with E-state index in [-0.39, 0.29) is 4.90 Å². The smallest absolute Gasteiger partial charge is 0.242 e. The molecule has 0 aliphatic rings. The summed E-state index contributed by atoms with van der Waals surface area (Å²) < 4.78 is 27.1. The van der Waals surface area contributed by atoms with Crippen molar-refractivity contribution in [2.24, 2.45) is 0 Å². The lowest BCUT2D eigenvalue weighted by Gasteiger charge is -2.08. The van der Waals surface area contributed by atoms with E-state index in [2.05, 4.69) is 15.0 Å². The van der Waals surface area contributed by atoms with Gasteiger partial charge in [0.1, 0.15) is 4.90 Å². The highest BCUT2D eigenvalue weighted by Gasteiger charge is 2.17. The molecule has 0 radical (unpaired) electrons. The van der Waals surface area contributed by atoms with Gasteiger partial charge >= 0.3 is 0 Å². The molecule has 0 amide bonds. The van der Waals surface area contributed by atoms with Crippen LogP contribution >= 0.6 is 0 Å². The van der Waals surface area contributed by atoms with Crippen LogP contribution in [0.5, 0.6) is 0 Å². The lowest BCUT2D eigenvalue weighted by molar-refractivity contribution is 0.578. The van der Waals surface area contributed by atoms with Crippen LogP contribution in [-0.2, 0) is 10.0 Å². The summed E-state index contributed by atoms with van der Waals surface area (Å²) in [6, 6.07) is 8.80. The van der Waals surface area contributed by atoms with Gasteiger partial charge in [0.2, 0.25) is 10.0 Å². The van der Waals surface area contributed by atoms with Crippen LogP contribution < -0.4 is 10.0 Å². The first-order chi connectivity index (χ1) is 9.15. The molecule has 0 bridgehead atoms. The Bertz CT molecular complexity index is 650. The van der Waals surface area contributed by atoms with Gasteiger partial charge < -0.3 is 5.32 Å². The number of hydrogen-bond acceptors (Lipinski definition) is 4. The zero-order valence-electron chi connectivity index (χ0n) is 10.8. The molecule has 1 aromatic heterocycles. The average Bonchev–Trinajstić information content (AvgIpc) is 2.43. The van der Waals surface area contributed by atoms with Gasteiger partial charge in [-0.05, 0) is 32.1 Å². The van der Waals surface area contributed by atoms with Gasteiger partial charge in [-0.2, -0.15) is 0 Å². The maximum atomic E-state index is 12.2. The highest BCUT2D eigenvalue weighted by molar-refractivity contribution is 7.89. The number of aromatic nitrogens is 1. The zero-order valence-corrected chi connectivity index (χ0v) is 11.6. The van der Waals surface area contributed by atoms with Gasteiger partial charge in [-0.25, -0.2) is 13.1 Å². The number of sulfonamides is 1. The largest absolute Gasteiger partial charge is 0.320 e. The summed E-state index contributed by atoms with van der Waals surface area (Å²) in [6.07, 6.45) is 2.34. The van der Waals surface area contributed by atoms with Crippen molar-refractivity contribution >= 4 is 20.9 Å². The number of para-hydroxylation sites is 1. The van der Waals surface area contributed by atoms with Crippen molar-refractivity contribution in [1.29, 1.82) is 0 Å². The molecule has 0 atom stereocenters. The van der Waals surface area contributed by atoms with E-state index in [0.717, 1.165) is 18.4 Å². The molecule has 19 heavy (non-hydrogen) atoms. The van der Waals surface area contributed by atoms with E-state index in [9.17, 15) is 8.42 Å². The van der Waals surface area contributed by atoms with Crippen LogP contribution in [0.1, 0.15) is 6.42 Å². The molecule has 0 spiro atoms. The molecule has 0 aliphatic heterocycles. The van der Waals surface area contributed by atoms with Crippen molar-refractivity contribution in [3.05, 3.63) is 36.5 Å². The minimum Gasteiger partial charge on any atom is -0.320 e. The number of nitrogens with zero attached hydrogens (tertiary/aromatic N) is 1. The van der Waals surface area contributed by atoms with E-state index >= 15 is 0 Å². The third-order valence-corrected chi connectivity index (χ3v) is 4.27. The molecule has 2 N–H and O–H groups in total. The van der Waals surface area contributed by atoms with Gasteiger partial charge in [-0.3, -0.25) is 4.98 Å². The number of nitrogens with one attached hydrogen (secondary N) is 2. The maximum absolute atomic E-state index is 12.2. The molecule has 1 aromatic carbocycles. The predicted molar refractivity (Wildman–Crippen MR) is 75.5 cm³/mol. The van der Waals surface area contributed by atoms with Crippen LogP contribution in [0.15, 0.2) is 41.4 Å². The summed E-state index contributed by atoms with van der Waals surface area (Å²) in [5, 5.41) is 3.80. The fraction of sp³-hybridized carbons (Fsp3) is 0.308. The van der Waals surface area contributed by atoms with E-state index in [1.165, 1.54) is 0 Å². The van der Waals surface area contributed by atoms with Gasteiger partial charge in [0.25, 0.3) is 0 Å². The molecule has 0 aliphatic carbocycles. The Morgan fingerprint density at radius 3 is 2.74 bits per heavy atom. The third-order valence-electron chi connectivity index (χ3n) is 2.78. The van der Waals surface area contributed by atoms with Crippen molar-refractivity contribution in [1.82, 2.24) is 15.0 Å². The Hall–Kier alpha value is -1.50. The number of benzene rings is 1. The van der Waals surface area contributed by atoms with Crippen LogP contribution in [0.25, 0.3) is 10.9 Å². The van der Waals surface area contributed by atoms with E-state index in [1.807, 2.05) is 19.2 Å². The van der Waals surface area contributed by atoms with Crippen LogP contribution in [0.2, 0.25) is 0 Å². The Kier molecular flexibility index (Phi) is 4.47. The Morgan fingerprint density at radius 1 is 1.16 bits per heavy atom. The molecule has 2 aromatic rings. The van der Waals surface area contributed by atoms with Gasteiger partial charge in [-0.1, -0.05) is 18.2 Å². The Morgan fingerprint density at radius 2 is 1.95 bits per heavy atom. The summed E-state index contributed by atoms with van der Waals surface area (Å²) >= 11 is 0. The minimum absolute atomic E-state index is 0.232. The number of rotatable bonds is 6. The normalized spacial score (nSPS) is 11.8. The van der Waals surface area contributed by atoms with E-state index in [0.29, 0.717) is 12.1 Å². The van der Waals surface area contributed by atoms with Gasteiger partial charge in [-0.15, -0.1) is 0 Å². The van der Waals surface area contributed by atoms with Crippen molar-refractivity contribution in [3.8, 4) is 0 Å². The standard InChI is InChI=1S/C13H17N3O2S/c1-14-8-4-10-16-19(17,18)12-7-2-5-11-6-3-9-15-13(11)12/h2-3,5-7,9,14,16H,4,8,10H2,1H3. The molecular weight excluding hydrogens is 262 g/mol. The van der Waals surface area contributed by atoms with Crippen LogP contribution in [-0.4, -0.2) is 33.5 Å². The Balaban J connectivity index is 2.28. The highest BCUT2D eigenvalue weighted by atomic mass is 32.2. The lowest BCUT2D eigenvalue weighted by Crippen LogP contribution is -2.27. The minimum atomic E-state index is -3.51. The topological polar surface area (TPSA) is 71.1 Å². The van der Waals surface area contributed by atoms with Gasteiger partial charge in [0.15, 0.2) is 0 Å². The molecule has 0 unspecified atom stereocenters. The first-order valence-corrected chi connectivity index (χ1v) is 7.61. The van der Waals surface area contributed by atoms with Gasteiger partial charge in [0, 0.05) is 18.1 Å². The second-order valence-corrected chi connectivity index (χ2v) is 5.92. The summed E-state index contributed by atoms with van der Waals surface area (Å²) in [6.45, 7) is 1.18. The van der Waals surface area contributed by atoms with E-state index in [4.69, 9.17) is 0 Å². The molecular formula is C13H17N3O2S. The van der Waals surface area contributed by atoms with Crippen LogP contribution in [0.4, 0.5) is 0 Å². The second kappa shape index (κ2) is 6.10. The summed E-state index contributed by atoms with van der Waals surface area (Å²) in [7, 11) is -1.67. The molecule has 6 heteroatoms. The maximum Gasteiger partial charge on any atom is 0.242 e. The Labute approximate surface area is 113 Å². The first kappa shape index (κ1) is 13.9. The van der Waals surface area contributed by atoms with Crippen LogP contribution in [0.3, 0.4) is 0 Å². The summed E-state index contributed by atoms with van der Waals surface area (Å²) in [5.41, 5.74) is 0.506. The quantitative estimate of drug-likeness (QED) is 0.777. The summed E-state index contributed by atoms with van der Waals surface area (Å²) in [4.78, 5) is 4.39. The molecule has 0 saturated heterocycles. The number of pyridine rings is 1. The molecule has 1 heterocycles. The number of hydrogen-bond donors (Lipinski definition) is 2. The first-order valence-electron chi connectivity index (χ1n) is 6.13. The molecule has 5 nitrogen and oxygen atoms in total. The monoisotopic (exact) mass is 279 g/mol. The van der Waals surface area contributed by atoms with Gasteiger partial charge in [0.05, 0.1) is 5.52 Å².